The monoisotopic (exact) mass is 289 g/mol. The molecule has 0 saturated carbocycles. The lowest BCUT2D eigenvalue weighted by Gasteiger charge is -2.38. The Morgan fingerprint density at radius 2 is 1.76 bits per heavy atom. The van der Waals surface area contributed by atoms with Crippen LogP contribution < -0.4 is 5.32 Å². The number of rotatable bonds is 3. The molecule has 1 fully saturated rings. The van der Waals surface area contributed by atoms with Crippen LogP contribution in [0.2, 0.25) is 0 Å². The molecule has 0 aliphatic carbocycles. The molecular weight excluding hydrogens is 277 g/mol. The highest BCUT2D eigenvalue weighted by Crippen LogP contribution is 2.19. The smallest absolute Gasteiger partial charge is 0.253 e. The van der Waals surface area contributed by atoms with Gasteiger partial charge in [0.2, 0.25) is 0 Å². The third-order valence-corrected chi connectivity index (χ3v) is 2.76. The molecule has 1 unspecified atom stereocenters. The van der Waals surface area contributed by atoms with Crippen molar-refractivity contribution in [3.63, 3.8) is 0 Å². The Morgan fingerprint density at radius 3 is 2.29 bits per heavy atom. The van der Waals surface area contributed by atoms with E-state index in [2.05, 4.69) is 5.32 Å². The maximum atomic E-state index is 11.0. The lowest BCUT2D eigenvalue weighted by molar-refractivity contribution is -0.280. The molecule has 0 aromatic rings. The van der Waals surface area contributed by atoms with Gasteiger partial charge in [-0.3, -0.25) is 4.79 Å². The number of aliphatic hydroxyl groups is 4. The molecule has 9 heteroatoms. The van der Waals surface area contributed by atoms with Gasteiger partial charge in [0.05, 0.1) is 0 Å². The van der Waals surface area contributed by atoms with Gasteiger partial charge in [-0.25, -0.2) is 0 Å². The van der Waals surface area contributed by atoms with Gasteiger partial charge in [-0.05, 0) is 0 Å². The number of ether oxygens (including phenoxy) is 1. The van der Waals surface area contributed by atoms with Crippen molar-refractivity contribution in [3.8, 4) is 0 Å². The first-order valence-corrected chi connectivity index (χ1v) is 5.65. The van der Waals surface area contributed by atoms with Gasteiger partial charge in [-0.1, -0.05) is 23.2 Å². The summed E-state index contributed by atoms with van der Waals surface area (Å²) in [6.45, 7) is -0.212. The Kier molecular flexibility index (Phi) is 5.39. The van der Waals surface area contributed by atoms with Crippen molar-refractivity contribution in [2.24, 2.45) is 0 Å². The van der Waals surface area contributed by atoms with Gasteiger partial charge in [0.1, 0.15) is 24.4 Å². The van der Waals surface area contributed by atoms with Crippen LogP contribution in [0.25, 0.3) is 0 Å². The van der Waals surface area contributed by atoms with Crippen molar-refractivity contribution >= 4 is 29.1 Å². The molecule has 0 spiro atoms. The van der Waals surface area contributed by atoms with Crippen molar-refractivity contribution < 1.29 is 30.0 Å². The molecule has 100 valence electrons. The van der Waals surface area contributed by atoms with E-state index >= 15 is 0 Å². The van der Waals surface area contributed by atoms with Gasteiger partial charge < -0.3 is 30.5 Å². The summed E-state index contributed by atoms with van der Waals surface area (Å²) >= 11 is 10.5. The fourth-order valence-corrected chi connectivity index (χ4v) is 1.53. The highest BCUT2D eigenvalue weighted by atomic mass is 35.5. The van der Waals surface area contributed by atoms with Crippen LogP contribution in [0.5, 0.6) is 0 Å². The minimum atomic E-state index is -1.64. The lowest BCUT2D eigenvalue weighted by atomic mass is 9.99. The second-order valence-corrected chi connectivity index (χ2v) is 4.68. The van der Waals surface area contributed by atoms with E-state index < -0.39 is 41.4 Å². The van der Waals surface area contributed by atoms with Crippen LogP contribution >= 0.6 is 23.2 Å². The summed E-state index contributed by atoms with van der Waals surface area (Å²) < 4.78 is 4.81. The number of hydrogen-bond acceptors (Lipinski definition) is 6. The lowest BCUT2D eigenvalue weighted by Crippen LogP contribution is -2.60. The van der Waals surface area contributed by atoms with E-state index in [-0.39, 0.29) is 6.54 Å². The van der Waals surface area contributed by atoms with Crippen LogP contribution in [0.3, 0.4) is 0 Å². The zero-order valence-corrected chi connectivity index (χ0v) is 10.0. The number of carbonyl (C=O) groups is 1. The number of aliphatic hydroxyl groups excluding tert-OH is 4. The topological polar surface area (TPSA) is 119 Å². The number of halogens is 2. The number of amides is 1. The quantitative estimate of drug-likeness (QED) is 0.373. The van der Waals surface area contributed by atoms with E-state index in [1.807, 2.05) is 0 Å². The summed E-state index contributed by atoms with van der Waals surface area (Å²) in [4.78, 5) is 9.77. The Bertz CT molecular complexity index is 279. The Labute approximate surface area is 107 Å². The molecular formula is C8H13Cl2NO6. The minimum absolute atomic E-state index is 0.212. The predicted octanol–water partition coefficient (Wildman–Crippen LogP) is -2.29. The predicted molar refractivity (Wildman–Crippen MR) is 57.4 cm³/mol. The second-order valence-electron chi connectivity index (χ2n) is 3.58. The van der Waals surface area contributed by atoms with Crippen LogP contribution in [0.15, 0.2) is 0 Å². The molecule has 1 aliphatic rings. The van der Waals surface area contributed by atoms with E-state index in [0.717, 1.165) is 0 Å². The molecule has 0 radical (unpaired) electrons. The van der Waals surface area contributed by atoms with Gasteiger partial charge in [0.25, 0.3) is 5.91 Å². The summed E-state index contributed by atoms with van der Waals surface area (Å²) in [6, 6.07) is 0. The average Bonchev–Trinajstić information content (AvgIpc) is 2.28. The zero-order valence-electron chi connectivity index (χ0n) is 8.53. The van der Waals surface area contributed by atoms with Gasteiger partial charge in [0.15, 0.2) is 11.1 Å². The highest BCUT2D eigenvalue weighted by molar-refractivity contribution is 6.53. The molecule has 0 aromatic heterocycles. The van der Waals surface area contributed by atoms with Crippen molar-refractivity contribution in [2.75, 3.05) is 6.54 Å². The number of alkyl halides is 2. The number of nitrogens with one attached hydrogen (secondary N) is 1. The fourth-order valence-electron chi connectivity index (χ4n) is 1.38. The van der Waals surface area contributed by atoms with Crippen LogP contribution in [-0.2, 0) is 9.53 Å². The van der Waals surface area contributed by atoms with Crippen molar-refractivity contribution in [2.45, 2.75) is 35.5 Å². The van der Waals surface area contributed by atoms with Crippen molar-refractivity contribution in [1.29, 1.82) is 0 Å². The van der Waals surface area contributed by atoms with Gasteiger partial charge in [-0.2, -0.15) is 0 Å². The molecule has 1 aliphatic heterocycles. The first kappa shape index (κ1) is 14.9. The van der Waals surface area contributed by atoms with Crippen LogP contribution in [-0.4, -0.2) is 68.4 Å². The average molecular weight is 290 g/mol. The molecule has 5 atom stereocenters. The number of hydrogen-bond donors (Lipinski definition) is 5. The molecule has 5 N–H and O–H groups in total. The normalized spacial score (nSPS) is 38.2. The summed E-state index contributed by atoms with van der Waals surface area (Å²) in [5, 5.41) is 39.5. The van der Waals surface area contributed by atoms with Crippen molar-refractivity contribution in [3.05, 3.63) is 0 Å². The van der Waals surface area contributed by atoms with E-state index in [4.69, 9.17) is 27.9 Å². The molecule has 0 bridgehead atoms. The van der Waals surface area contributed by atoms with E-state index in [9.17, 15) is 25.2 Å². The summed E-state index contributed by atoms with van der Waals surface area (Å²) in [6.07, 6.45) is -7.33. The van der Waals surface area contributed by atoms with Gasteiger partial charge in [0, 0.05) is 6.54 Å². The highest BCUT2D eigenvalue weighted by Gasteiger charge is 2.42. The molecule has 7 nitrogen and oxygen atoms in total. The van der Waals surface area contributed by atoms with E-state index in [0.29, 0.717) is 0 Å². The molecule has 1 saturated heterocycles. The Hall–Kier alpha value is -0.150. The maximum absolute atomic E-state index is 11.0. The van der Waals surface area contributed by atoms with Crippen LogP contribution in [0.1, 0.15) is 0 Å². The zero-order chi connectivity index (χ0) is 13.2. The largest absolute Gasteiger partial charge is 0.388 e. The Morgan fingerprint density at radius 1 is 1.18 bits per heavy atom. The van der Waals surface area contributed by atoms with Gasteiger partial charge in [-0.15, -0.1) is 0 Å². The summed E-state index contributed by atoms with van der Waals surface area (Å²) in [5.41, 5.74) is 0. The number of carbonyl (C=O) groups excluding carboxylic acids is 1. The minimum Gasteiger partial charge on any atom is -0.388 e. The fraction of sp³-hybridized carbons (Fsp3) is 0.875. The molecule has 1 heterocycles. The summed E-state index contributed by atoms with van der Waals surface area (Å²) in [7, 11) is 0. The summed E-state index contributed by atoms with van der Waals surface area (Å²) in [5.74, 6) is -0.695. The van der Waals surface area contributed by atoms with Crippen LogP contribution in [0.4, 0.5) is 0 Å². The van der Waals surface area contributed by atoms with Gasteiger partial charge >= 0.3 is 0 Å². The third-order valence-electron chi connectivity index (χ3n) is 2.36. The third kappa shape index (κ3) is 3.65. The molecule has 1 rings (SSSR count). The first-order valence-electron chi connectivity index (χ1n) is 4.78. The second kappa shape index (κ2) is 6.14. The molecule has 17 heavy (non-hydrogen) atoms. The van der Waals surface area contributed by atoms with Crippen molar-refractivity contribution in [1.82, 2.24) is 5.32 Å². The SMILES string of the molecule is O=C(NC[C@H]1OC(O)[C@H](O)[C@@H](O)[C@@H]1O)C(Cl)Cl. The van der Waals surface area contributed by atoms with E-state index in [1.165, 1.54) is 0 Å². The maximum Gasteiger partial charge on any atom is 0.253 e. The molecule has 1 amide bonds. The standard InChI is InChI=1S/C8H13Cl2NO6/c9-6(10)7(15)11-1-2-3(12)4(13)5(14)8(16)17-2/h2-6,8,12-14,16H,1H2,(H,11,15)/t2-,3-,4+,5-,8?/m1/s1. The molecule has 0 aromatic carbocycles. The first-order chi connectivity index (χ1) is 7.84. The van der Waals surface area contributed by atoms with Crippen LogP contribution in [0, 0.1) is 0 Å². The Balaban J connectivity index is 2.51. The van der Waals surface area contributed by atoms with E-state index in [1.54, 1.807) is 0 Å².